The van der Waals surface area contributed by atoms with Gasteiger partial charge in [-0.3, -0.25) is 0 Å². The minimum Gasteiger partial charge on any atom is -0.462 e. The topological polar surface area (TPSA) is 66.2 Å². The van der Waals surface area contributed by atoms with Gasteiger partial charge in [-0.1, -0.05) is 6.92 Å². The lowest BCUT2D eigenvalue weighted by atomic mass is 10.2. The first-order valence-electron chi connectivity index (χ1n) is 8.74. The van der Waals surface area contributed by atoms with Crippen LogP contribution in [0.15, 0.2) is 41.1 Å². The molecule has 0 aliphatic rings. The van der Waals surface area contributed by atoms with E-state index in [1.165, 1.54) is 23.0 Å². The van der Waals surface area contributed by atoms with Crippen LogP contribution in [0.1, 0.15) is 37.0 Å². The zero-order chi connectivity index (χ0) is 20.3. The number of esters is 1. The van der Waals surface area contributed by atoms with Gasteiger partial charge in [0.1, 0.15) is 10.4 Å². The standard InChI is InChI=1S/C19H18BrF2N3O3/c1-3-10-19(21,22)28-13-7-5-12(6-8-13)25-17-15(16(20)24-25)14(9-11-23-17)18(26)27-4-2/h5-9,11H,3-4,10H2,1-2H3. The number of carbonyl (C=O) groups is 1. The third kappa shape index (κ3) is 4.14. The highest BCUT2D eigenvalue weighted by Crippen LogP contribution is 2.30. The number of nitrogens with zero attached hydrogens (tertiary/aromatic N) is 3. The molecule has 2 aromatic heterocycles. The Labute approximate surface area is 168 Å². The number of ether oxygens (including phenoxy) is 2. The van der Waals surface area contributed by atoms with Gasteiger partial charge in [-0.05, 0) is 59.6 Å². The number of alkyl halides is 2. The van der Waals surface area contributed by atoms with Crippen LogP contribution in [0, 0.1) is 0 Å². The Hall–Kier alpha value is -2.55. The maximum Gasteiger partial charge on any atom is 0.397 e. The molecule has 0 fully saturated rings. The summed E-state index contributed by atoms with van der Waals surface area (Å²) in [6, 6.07) is 7.62. The van der Waals surface area contributed by atoms with Gasteiger partial charge in [0.15, 0.2) is 5.65 Å². The maximum atomic E-state index is 13.6. The van der Waals surface area contributed by atoms with Crippen molar-refractivity contribution in [3.8, 4) is 11.4 Å². The molecule has 0 atom stereocenters. The molecule has 0 radical (unpaired) electrons. The van der Waals surface area contributed by atoms with E-state index in [-0.39, 0.29) is 18.8 Å². The first-order valence-corrected chi connectivity index (χ1v) is 9.53. The number of pyridine rings is 1. The number of rotatable bonds is 7. The summed E-state index contributed by atoms with van der Waals surface area (Å²) in [5.74, 6) is -0.421. The lowest BCUT2D eigenvalue weighted by Crippen LogP contribution is -2.24. The van der Waals surface area contributed by atoms with Crippen LogP contribution >= 0.6 is 15.9 Å². The minimum absolute atomic E-state index is 0.0536. The molecule has 0 saturated carbocycles. The Balaban J connectivity index is 1.96. The van der Waals surface area contributed by atoms with Crippen molar-refractivity contribution in [3.63, 3.8) is 0 Å². The molecule has 9 heteroatoms. The minimum atomic E-state index is -3.21. The van der Waals surface area contributed by atoms with E-state index in [1.807, 2.05) is 0 Å². The highest BCUT2D eigenvalue weighted by molar-refractivity contribution is 9.10. The fraction of sp³-hybridized carbons (Fsp3) is 0.316. The largest absolute Gasteiger partial charge is 0.462 e. The van der Waals surface area contributed by atoms with Gasteiger partial charge in [0.25, 0.3) is 0 Å². The predicted octanol–water partition coefficient (Wildman–Crippen LogP) is 5.13. The molecule has 0 N–H and O–H groups in total. The van der Waals surface area contributed by atoms with Gasteiger partial charge in [-0.15, -0.1) is 0 Å². The number of benzene rings is 1. The summed E-state index contributed by atoms with van der Waals surface area (Å²) in [7, 11) is 0. The Morgan fingerprint density at radius 1 is 1.21 bits per heavy atom. The molecule has 0 saturated heterocycles. The number of hydrogen-bond donors (Lipinski definition) is 0. The number of carbonyl (C=O) groups excluding carboxylic acids is 1. The summed E-state index contributed by atoms with van der Waals surface area (Å²) in [6.07, 6.45) is -1.77. The summed E-state index contributed by atoms with van der Waals surface area (Å²) in [5.41, 5.74) is 1.35. The monoisotopic (exact) mass is 453 g/mol. The fourth-order valence-corrected chi connectivity index (χ4v) is 3.28. The van der Waals surface area contributed by atoms with Gasteiger partial charge in [0.2, 0.25) is 0 Å². The molecule has 3 aromatic rings. The second-order valence-electron chi connectivity index (χ2n) is 5.96. The number of hydrogen-bond acceptors (Lipinski definition) is 5. The quantitative estimate of drug-likeness (QED) is 0.463. The van der Waals surface area contributed by atoms with Crippen LogP contribution in [0.25, 0.3) is 16.7 Å². The Morgan fingerprint density at radius 2 is 1.93 bits per heavy atom. The van der Waals surface area contributed by atoms with E-state index in [9.17, 15) is 13.6 Å². The van der Waals surface area contributed by atoms with Gasteiger partial charge in [0.05, 0.1) is 29.7 Å². The first-order chi connectivity index (χ1) is 13.4. The molecule has 1 aromatic carbocycles. The second-order valence-corrected chi connectivity index (χ2v) is 6.71. The molecule has 3 rings (SSSR count). The Kier molecular flexibility index (Phi) is 5.93. The van der Waals surface area contributed by atoms with Crippen molar-refractivity contribution in [2.24, 2.45) is 0 Å². The molecule has 6 nitrogen and oxygen atoms in total. The smallest absolute Gasteiger partial charge is 0.397 e. The van der Waals surface area contributed by atoms with Crippen molar-refractivity contribution in [3.05, 3.63) is 46.7 Å². The molecule has 0 spiro atoms. The van der Waals surface area contributed by atoms with Crippen LogP contribution in [-0.4, -0.2) is 33.4 Å². The zero-order valence-electron chi connectivity index (χ0n) is 15.3. The van der Waals surface area contributed by atoms with Crippen molar-refractivity contribution >= 4 is 32.9 Å². The molecule has 28 heavy (non-hydrogen) atoms. The number of aromatic nitrogens is 3. The first kappa shape index (κ1) is 20.2. The van der Waals surface area contributed by atoms with E-state index < -0.39 is 12.1 Å². The van der Waals surface area contributed by atoms with E-state index in [4.69, 9.17) is 9.47 Å². The number of fused-ring (bicyclic) bond motifs is 1. The maximum absolute atomic E-state index is 13.6. The van der Waals surface area contributed by atoms with Crippen LogP contribution in [0.2, 0.25) is 0 Å². The molecule has 0 unspecified atom stereocenters. The van der Waals surface area contributed by atoms with Gasteiger partial charge < -0.3 is 9.47 Å². The van der Waals surface area contributed by atoms with E-state index >= 15 is 0 Å². The molecule has 148 valence electrons. The molecule has 0 aliphatic carbocycles. The van der Waals surface area contributed by atoms with E-state index in [2.05, 4.69) is 26.0 Å². The third-order valence-electron chi connectivity index (χ3n) is 3.91. The van der Waals surface area contributed by atoms with Gasteiger partial charge in [-0.25, -0.2) is 14.5 Å². The summed E-state index contributed by atoms with van der Waals surface area (Å²) in [4.78, 5) is 16.5. The van der Waals surface area contributed by atoms with E-state index in [1.54, 1.807) is 32.0 Å². The molecule has 0 amide bonds. The molecule has 0 bridgehead atoms. The van der Waals surface area contributed by atoms with E-state index in [0.717, 1.165) is 0 Å². The zero-order valence-corrected chi connectivity index (χ0v) is 16.9. The average molecular weight is 454 g/mol. The molecular weight excluding hydrogens is 436 g/mol. The van der Waals surface area contributed by atoms with Crippen molar-refractivity contribution in [1.29, 1.82) is 0 Å². The van der Waals surface area contributed by atoms with Crippen molar-refractivity contribution in [2.45, 2.75) is 32.8 Å². The lowest BCUT2D eigenvalue weighted by Gasteiger charge is -2.17. The third-order valence-corrected chi connectivity index (χ3v) is 4.47. The van der Waals surface area contributed by atoms with Crippen LogP contribution in [0.4, 0.5) is 8.78 Å². The Morgan fingerprint density at radius 3 is 2.57 bits per heavy atom. The summed E-state index contributed by atoms with van der Waals surface area (Å²) < 4.78 is 39.0. The SMILES string of the molecule is CCCC(F)(F)Oc1ccc(-n2nc(Br)c3c(C(=O)OCC)ccnc32)cc1. The Bertz CT molecular complexity index is 990. The highest BCUT2D eigenvalue weighted by atomic mass is 79.9. The molecular formula is C19H18BrF2N3O3. The fourth-order valence-electron chi connectivity index (χ4n) is 2.73. The van der Waals surface area contributed by atoms with Crippen LogP contribution in [0.5, 0.6) is 5.75 Å². The second kappa shape index (κ2) is 8.22. The normalized spacial score (nSPS) is 11.6. The van der Waals surface area contributed by atoms with Crippen LogP contribution in [-0.2, 0) is 4.74 Å². The van der Waals surface area contributed by atoms with Crippen LogP contribution < -0.4 is 4.74 Å². The highest BCUT2D eigenvalue weighted by Gasteiger charge is 2.30. The predicted molar refractivity (Wildman–Crippen MR) is 103 cm³/mol. The summed E-state index contributed by atoms with van der Waals surface area (Å²) in [6.45, 7) is 3.64. The summed E-state index contributed by atoms with van der Waals surface area (Å²) >= 11 is 3.35. The molecule has 2 heterocycles. The van der Waals surface area contributed by atoms with E-state index in [0.29, 0.717) is 33.3 Å². The van der Waals surface area contributed by atoms with Crippen molar-refractivity contribution < 1.29 is 23.0 Å². The average Bonchev–Trinajstić information content (AvgIpc) is 2.99. The lowest BCUT2D eigenvalue weighted by molar-refractivity contribution is -0.180. The molecule has 0 aliphatic heterocycles. The van der Waals surface area contributed by atoms with Gasteiger partial charge in [-0.2, -0.15) is 13.9 Å². The van der Waals surface area contributed by atoms with Gasteiger partial charge >= 0.3 is 12.1 Å². The van der Waals surface area contributed by atoms with Crippen molar-refractivity contribution in [1.82, 2.24) is 14.8 Å². The van der Waals surface area contributed by atoms with Crippen LogP contribution in [0.3, 0.4) is 0 Å². The summed E-state index contributed by atoms with van der Waals surface area (Å²) in [5, 5.41) is 4.88. The number of halogens is 3. The van der Waals surface area contributed by atoms with Crippen molar-refractivity contribution in [2.75, 3.05) is 6.61 Å². The van der Waals surface area contributed by atoms with Gasteiger partial charge in [0, 0.05) is 6.20 Å².